The summed E-state index contributed by atoms with van der Waals surface area (Å²) in [6.07, 6.45) is -3.26. The molecule has 0 fully saturated rings. The van der Waals surface area contributed by atoms with E-state index in [-0.39, 0.29) is 27.6 Å². The lowest BCUT2D eigenvalue weighted by Crippen LogP contribution is -2.09. The number of halogens is 4. The number of furan rings is 1. The molecule has 0 aliphatic rings. The summed E-state index contributed by atoms with van der Waals surface area (Å²) in [5.74, 6) is 0.437. The Morgan fingerprint density at radius 1 is 1.30 bits per heavy atom. The van der Waals surface area contributed by atoms with Crippen LogP contribution in [0.2, 0.25) is 5.02 Å². The third-order valence-corrected chi connectivity index (χ3v) is 3.41. The molecule has 0 unspecified atom stereocenters. The van der Waals surface area contributed by atoms with Crippen LogP contribution in [-0.4, -0.2) is 4.99 Å². The van der Waals surface area contributed by atoms with Crippen molar-refractivity contribution in [1.82, 2.24) is 0 Å². The summed E-state index contributed by atoms with van der Waals surface area (Å²) < 4.78 is 44.0. The molecule has 2 aromatic rings. The number of hydrogen-bond donors (Lipinski definition) is 1. The molecule has 1 aromatic heterocycles. The van der Waals surface area contributed by atoms with E-state index in [1.807, 2.05) is 0 Å². The summed E-state index contributed by atoms with van der Waals surface area (Å²) >= 11 is 10.3. The minimum absolute atomic E-state index is 0.0352. The first kappa shape index (κ1) is 17.1. The SMILES string of the molecule is N#CC(=Cc1ccc(-c2ccc(Cl)c(C(F)(F)F)c2)o1)C(N)=S. The van der Waals surface area contributed by atoms with E-state index in [2.05, 4.69) is 0 Å². The molecule has 1 aromatic carbocycles. The molecule has 23 heavy (non-hydrogen) atoms. The maximum absolute atomic E-state index is 12.9. The van der Waals surface area contributed by atoms with E-state index < -0.39 is 16.8 Å². The van der Waals surface area contributed by atoms with E-state index in [9.17, 15) is 13.2 Å². The summed E-state index contributed by atoms with van der Waals surface area (Å²) in [5, 5.41) is 8.48. The second-order valence-electron chi connectivity index (χ2n) is 4.43. The van der Waals surface area contributed by atoms with E-state index >= 15 is 0 Å². The van der Waals surface area contributed by atoms with Gasteiger partial charge >= 0.3 is 6.18 Å². The highest BCUT2D eigenvalue weighted by Crippen LogP contribution is 2.37. The first-order valence-corrected chi connectivity index (χ1v) is 6.89. The van der Waals surface area contributed by atoms with Crippen molar-refractivity contribution < 1.29 is 17.6 Å². The molecular weight excluding hydrogens is 349 g/mol. The largest absolute Gasteiger partial charge is 0.457 e. The van der Waals surface area contributed by atoms with Gasteiger partial charge in [0.05, 0.1) is 16.2 Å². The molecule has 0 saturated carbocycles. The number of rotatable bonds is 3. The van der Waals surface area contributed by atoms with Crippen LogP contribution in [0.15, 0.2) is 40.3 Å². The molecule has 8 heteroatoms. The molecule has 3 nitrogen and oxygen atoms in total. The summed E-state index contributed by atoms with van der Waals surface area (Å²) in [7, 11) is 0. The van der Waals surface area contributed by atoms with E-state index in [1.165, 1.54) is 24.3 Å². The van der Waals surface area contributed by atoms with E-state index in [0.717, 1.165) is 12.1 Å². The average molecular weight is 357 g/mol. The number of nitriles is 1. The first-order chi connectivity index (χ1) is 10.7. The van der Waals surface area contributed by atoms with Crippen LogP contribution in [-0.2, 0) is 6.18 Å². The quantitative estimate of drug-likeness (QED) is 0.487. The highest BCUT2D eigenvalue weighted by molar-refractivity contribution is 7.80. The van der Waals surface area contributed by atoms with Gasteiger partial charge in [0, 0.05) is 11.6 Å². The predicted octanol–water partition coefficient (Wildman–Crippen LogP) is 4.81. The number of thiocarbonyl (C=S) groups is 1. The maximum Gasteiger partial charge on any atom is 0.417 e. The lowest BCUT2D eigenvalue weighted by Gasteiger charge is -2.09. The van der Waals surface area contributed by atoms with Crippen molar-refractivity contribution in [2.45, 2.75) is 6.18 Å². The van der Waals surface area contributed by atoms with Gasteiger partial charge in [-0.25, -0.2) is 0 Å². The summed E-state index contributed by atoms with van der Waals surface area (Å²) in [6, 6.07) is 8.22. The Kier molecular flexibility index (Phi) is 4.78. The standard InChI is InChI=1S/C15H8ClF3N2OS/c16-12-3-1-8(6-11(12)15(17,18)19)13-4-2-10(22-13)5-9(7-20)14(21)23/h1-6H,(H2,21,23). The van der Waals surface area contributed by atoms with Crippen molar-refractivity contribution in [3.63, 3.8) is 0 Å². The van der Waals surface area contributed by atoms with Crippen molar-refractivity contribution in [3.8, 4) is 17.4 Å². The molecule has 0 amide bonds. The van der Waals surface area contributed by atoms with Crippen LogP contribution in [0.25, 0.3) is 17.4 Å². The molecule has 0 radical (unpaired) electrons. The Hall–Kier alpha value is -2.30. The fourth-order valence-electron chi connectivity index (χ4n) is 1.78. The molecule has 1 heterocycles. The van der Waals surface area contributed by atoms with Gasteiger partial charge < -0.3 is 10.2 Å². The van der Waals surface area contributed by atoms with Gasteiger partial charge in [-0.1, -0.05) is 23.8 Å². The molecule has 0 aliphatic carbocycles. The number of benzene rings is 1. The summed E-state index contributed by atoms with van der Waals surface area (Å²) in [4.78, 5) is -0.101. The molecule has 118 valence electrons. The van der Waals surface area contributed by atoms with Crippen molar-refractivity contribution >= 4 is 34.9 Å². The predicted molar refractivity (Wildman–Crippen MR) is 84.5 cm³/mol. The summed E-state index contributed by atoms with van der Waals surface area (Å²) in [6.45, 7) is 0. The maximum atomic E-state index is 12.9. The Bertz CT molecular complexity index is 834. The van der Waals surface area contributed by atoms with Gasteiger partial charge in [-0.2, -0.15) is 18.4 Å². The van der Waals surface area contributed by atoms with Crippen LogP contribution in [0.5, 0.6) is 0 Å². The first-order valence-electron chi connectivity index (χ1n) is 6.11. The van der Waals surface area contributed by atoms with Gasteiger partial charge in [0.2, 0.25) is 0 Å². The zero-order chi connectivity index (χ0) is 17.2. The van der Waals surface area contributed by atoms with Crippen molar-refractivity contribution in [3.05, 3.63) is 52.3 Å². The minimum atomic E-state index is -4.57. The van der Waals surface area contributed by atoms with E-state index in [0.29, 0.717) is 0 Å². The van der Waals surface area contributed by atoms with Gasteiger partial charge in [0.25, 0.3) is 0 Å². The normalized spacial score (nSPS) is 12.0. The average Bonchev–Trinajstić information content (AvgIpc) is 2.92. The van der Waals surface area contributed by atoms with Crippen molar-refractivity contribution in [2.75, 3.05) is 0 Å². The van der Waals surface area contributed by atoms with Crippen molar-refractivity contribution in [1.29, 1.82) is 5.26 Å². The molecular formula is C15H8ClF3N2OS. The van der Waals surface area contributed by atoms with Gasteiger partial charge in [0.15, 0.2) is 0 Å². The van der Waals surface area contributed by atoms with Crippen molar-refractivity contribution in [2.24, 2.45) is 5.73 Å². The van der Waals surface area contributed by atoms with Crippen LogP contribution < -0.4 is 5.73 Å². The Labute approximate surface area is 139 Å². The van der Waals surface area contributed by atoms with Crippen LogP contribution in [0.4, 0.5) is 13.2 Å². The van der Waals surface area contributed by atoms with Gasteiger partial charge in [0.1, 0.15) is 22.6 Å². The molecule has 0 aliphatic heterocycles. The number of nitrogens with zero attached hydrogens (tertiary/aromatic N) is 1. The third-order valence-electron chi connectivity index (χ3n) is 2.86. The number of nitrogens with two attached hydrogens (primary N) is 1. The minimum Gasteiger partial charge on any atom is -0.457 e. The lowest BCUT2D eigenvalue weighted by atomic mass is 10.1. The Morgan fingerprint density at radius 2 is 2.00 bits per heavy atom. The third kappa shape index (κ3) is 3.92. The molecule has 2 N–H and O–H groups in total. The van der Waals surface area contributed by atoms with Crippen LogP contribution in [0.3, 0.4) is 0 Å². The molecule has 2 rings (SSSR count). The second kappa shape index (κ2) is 6.44. The van der Waals surface area contributed by atoms with E-state index in [4.69, 9.17) is 39.2 Å². The fraction of sp³-hybridized carbons (Fsp3) is 0.0667. The smallest absolute Gasteiger partial charge is 0.417 e. The van der Waals surface area contributed by atoms with Gasteiger partial charge in [-0.3, -0.25) is 0 Å². The summed E-state index contributed by atoms with van der Waals surface area (Å²) in [5.41, 5.74) is 4.64. The zero-order valence-corrected chi connectivity index (χ0v) is 12.9. The second-order valence-corrected chi connectivity index (χ2v) is 5.28. The lowest BCUT2D eigenvalue weighted by molar-refractivity contribution is -0.137. The highest BCUT2D eigenvalue weighted by Gasteiger charge is 2.33. The molecule has 0 saturated heterocycles. The zero-order valence-electron chi connectivity index (χ0n) is 11.3. The monoisotopic (exact) mass is 356 g/mol. The topological polar surface area (TPSA) is 63.0 Å². The number of hydrogen-bond acceptors (Lipinski definition) is 3. The van der Waals surface area contributed by atoms with Crippen LogP contribution in [0.1, 0.15) is 11.3 Å². The molecule has 0 bridgehead atoms. The van der Waals surface area contributed by atoms with Gasteiger partial charge in [-0.05, 0) is 30.3 Å². The number of alkyl halides is 3. The Morgan fingerprint density at radius 3 is 2.57 bits per heavy atom. The highest BCUT2D eigenvalue weighted by atomic mass is 35.5. The Balaban J connectivity index is 2.43. The van der Waals surface area contributed by atoms with Gasteiger partial charge in [-0.15, -0.1) is 0 Å². The fourth-order valence-corrected chi connectivity index (χ4v) is 2.11. The molecule has 0 spiro atoms. The van der Waals surface area contributed by atoms with Crippen LogP contribution in [0, 0.1) is 11.3 Å². The van der Waals surface area contributed by atoms with Crippen LogP contribution >= 0.6 is 23.8 Å². The van der Waals surface area contributed by atoms with E-state index in [1.54, 1.807) is 6.07 Å². The molecule has 0 atom stereocenters.